The Labute approximate surface area is 93.7 Å². The summed E-state index contributed by atoms with van der Waals surface area (Å²) in [7, 11) is -3.75. The van der Waals surface area contributed by atoms with E-state index in [0.717, 1.165) is 12.1 Å². The van der Waals surface area contributed by atoms with Crippen LogP contribution in [0.1, 0.15) is 6.92 Å². The first-order valence-corrected chi connectivity index (χ1v) is 5.89. The van der Waals surface area contributed by atoms with Gasteiger partial charge in [0.15, 0.2) is 0 Å². The van der Waals surface area contributed by atoms with Gasteiger partial charge in [-0.25, -0.2) is 12.8 Å². The van der Waals surface area contributed by atoms with Gasteiger partial charge in [0.2, 0.25) is 10.0 Å². The molecule has 0 aliphatic carbocycles. The van der Waals surface area contributed by atoms with Crippen molar-refractivity contribution in [2.24, 2.45) is 0 Å². The zero-order valence-electron chi connectivity index (χ0n) is 8.62. The Balaban J connectivity index is 3.01. The zero-order chi connectivity index (χ0) is 12.2. The van der Waals surface area contributed by atoms with Crippen LogP contribution in [-0.2, 0) is 10.0 Å². The standard InChI is InChI=1S/C10H11FN2O2S/c1-2-3-4-13-16(14,15)10-6-8(11)5-9(12)7-10/h5-7,13H,4,12H2,1H3. The Morgan fingerprint density at radius 1 is 1.44 bits per heavy atom. The van der Waals surface area contributed by atoms with E-state index in [0.29, 0.717) is 0 Å². The number of hydrogen-bond donors (Lipinski definition) is 2. The fraction of sp³-hybridized carbons (Fsp3) is 0.200. The third-order valence-corrected chi connectivity index (χ3v) is 3.11. The quantitative estimate of drug-likeness (QED) is 0.605. The summed E-state index contributed by atoms with van der Waals surface area (Å²) in [6, 6.07) is 3.13. The Morgan fingerprint density at radius 2 is 2.12 bits per heavy atom. The predicted molar refractivity (Wildman–Crippen MR) is 59.5 cm³/mol. The summed E-state index contributed by atoms with van der Waals surface area (Å²) in [5, 5.41) is 0. The molecule has 1 rings (SSSR count). The summed E-state index contributed by atoms with van der Waals surface area (Å²) >= 11 is 0. The van der Waals surface area contributed by atoms with Crippen molar-refractivity contribution in [3.8, 4) is 11.8 Å². The van der Waals surface area contributed by atoms with Crippen LogP contribution >= 0.6 is 0 Å². The van der Waals surface area contributed by atoms with Gasteiger partial charge in [-0.1, -0.05) is 5.92 Å². The maximum absolute atomic E-state index is 12.9. The van der Waals surface area contributed by atoms with E-state index in [9.17, 15) is 12.8 Å². The molecule has 0 atom stereocenters. The van der Waals surface area contributed by atoms with Gasteiger partial charge in [0.05, 0.1) is 11.4 Å². The topological polar surface area (TPSA) is 72.2 Å². The summed E-state index contributed by atoms with van der Waals surface area (Å²) < 4.78 is 38.4. The second-order valence-electron chi connectivity index (χ2n) is 2.97. The van der Waals surface area contributed by atoms with Crippen LogP contribution in [0.25, 0.3) is 0 Å². The van der Waals surface area contributed by atoms with Crippen LogP contribution in [0.3, 0.4) is 0 Å². The minimum atomic E-state index is -3.75. The average molecular weight is 242 g/mol. The first kappa shape index (κ1) is 12.5. The minimum absolute atomic E-state index is 0.0186. The van der Waals surface area contributed by atoms with E-state index in [1.54, 1.807) is 6.92 Å². The van der Waals surface area contributed by atoms with Crippen LogP contribution in [-0.4, -0.2) is 15.0 Å². The van der Waals surface area contributed by atoms with Crippen molar-refractivity contribution in [3.05, 3.63) is 24.0 Å². The Kier molecular flexibility index (Phi) is 3.88. The molecule has 0 saturated heterocycles. The molecule has 6 heteroatoms. The molecule has 16 heavy (non-hydrogen) atoms. The fourth-order valence-corrected chi connectivity index (χ4v) is 2.03. The molecule has 0 aliphatic rings. The number of benzene rings is 1. The number of anilines is 1. The number of hydrogen-bond acceptors (Lipinski definition) is 3. The largest absolute Gasteiger partial charge is 0.399 e. The molecule has 0 radical (unpaired) electrons. The van der Waals surface area contributed by atoms with Gasteiger partial charge >= 0.3 is 0 Å². The van der Waals surface area contributed by atoms with Gasteiger partial charge < -0.3 is 5.73 Å². The summed E-state index contributed by atoms with van der Waals surface area (Å²) in [6.45, 7) is 1.57. The smallest absolute Gasteiger partial charge is 0.241 e. The third-order valence-electron chi connectivity index (χ3n) is 1.73. The molecule has 0 aliphatic heterocycles. The van der Waals surface area contributed by atoms with Crippen molar-refractivity contribution >= 4 is 15.7 Å². The second-order valence-corrected chi connectivity index (χ2v) is 4.74. The van der Waals surface area contributed by atoms with Crippen LogP contribution in [0.15, 0.2) is 23.1 Å². The molecule has 3 N–H and O–H groups in total. The molecule has 0 aromatic heterocycles. The van der Waals surface area contributed by atoms with E-state index in [1.165, 1.54) is 6.07 Å². The highest BCUT2D eigenvalue weighted by atomic mass is 32.2. The lowest BCUT2D eigenvalue weighted by molar-refractivity contribution is 0.582. The normalized spacial score (nSPS) is 10.6. The van der Waals surface area contributed by atoms with Crippen molar-refractivity contribution in [2.75, 3.05) is 12.3 Å². The van der Waals surface area contributed by atoms with Crippen LogP contribution in [0.5, 0.6) is 0 Å². The molecule has 86 valence electrons. The van der Waals surface area contributed by atoms with Gasteiger partial charge in [-0.15, -0.1) is 5.92 Å². The summed E-state index contributed by atoms with van der Waals surface area (Å²) in [5.41, 5.74) is 5.41. The molecule has 0 bridgehead atoms. The maximum Gasteiger partial charge on any atom is 0.241 e. The molecule has 0 saturated carbocycles. The molecule has 0 heterocycles. The van der Waals surface area contributed by atoms with Crippen molar-refractivity contribution < 1.29 is 12.8 Å². The highest BCUT2D eigenvalue weighted by molar-refractivity contribution is 7.89. The third kappa shape index (κ3) is 3.22. The number of nitrogens with one attached hydrogen (secondary N) is 1. The number of rotatable bonds is 3. The van der Waals surface area contributed by atoms with Gasteiger partial charge in [-0.2, -0.15) is 4.72 Å². The summed E-state index contributed by atoms with van der Waals surface area (Å²) in [6.07, 6.45) is 0. The highest BCUT2D eigenvalue weighted by Crippen LogP contribution is 2.15. The van der Waals surface area contributed by atoms with Gasteiger partial charge in [0.25, 0.3) is 0 Å². The van der Waals surface area contributed by atoms with E-state index >= 15 is 0 Å². The predicted octanol–water partition coefficient (Wildman–Crippen LogP) is 0.709. The second kappa shape index (κ2) is 4.96. The molecule has 0 unspecified atom stereocenters. The van der Waals surface area contributed by atoms with Crippen LogP contribution in [0.4, 0.5) is 10.1 Å². The summed E-state index contributed by atoms with van der Waals surface area (Å²) in [5.74, 6) is 4.38. The molecular formula is C10H11FN2O2S. The van der Waals surface area contributed by atoms with E-state index < -0.39 is 15.8 Å². The minimum Gasteiger partial charge on any atom is -0.399 e. The maximum atomic E-state index is 12.9. The molecular weight excluding hydrogens is 231 g/mol. The molecule has 0 amide bonds. The zero-order valence-corrected chi connectivity index (χ0v) is 9.44. The highest BCUT2D eigenvalue weighted by Gasteiger charge is 2.14. The number of nitrogens with two attached hydrogens (primary N) is 1. The monoisotopic (exact) mass is 242 g/mol. The molecule has 1 aromatic rings. The number of nitrogen functional groups attached to an aromatic ring is 1. The lowest BCUT2D eigenvalue weighted by atomic mass is 10.3. The number of sulfonamides is 1. The number of halogens is 1. The fourth-order valence-electron chi connectivity index (χ4n) is 1.04. The lowest BCUT2D eigenvalue weighted by Crippen LogP contribution is -2.24. The molecule has 0 fully saturated rings. The SMILES string of the molecule is CC#CCNS(=O)(=O)c1cc(N)cc(F)c1. The van der Waals surface area contributed by atoms with Crippen molar-refractivity contribution in [1.29, 1.82) is 0 Å². The summed E-state index contributed by atoms with van der Waals surface area (Å²) in [4.78, 5) is -0.206. The first-order chi connectivity index (χ1) is 7.45. The van der Waals surface area contributed by atoms with Gasteiger partial charge in [-0.05, 0) is 25.1 Å². The van der Waals surface area contributed by atoms with E-state index in [-0.39, 0.29) is 17.1 Å². The van der Waals surface area contributed by atoms with Crippen LogP contribution in [0, 0.1) is 17.7 Å². The van der Waals surface area contributed by atoms with E-state index in [4.69, 9.17) is 5.73 Å². The van der Waals surface area contributed by atoms with Crippen molar-refractivity contribution in [2.45, 2.75) is 11.8 Å². The lowest BCUT2D eigenvalue weighted by Gasteiger charge is -2.05. The Morgan fingerprint density at radius 3 is 2.69 bits per heavy atom. The van der Waals surface area contributed by atoms with Gasteiger partial charge in [0, 0.05) is 5.69 Å². The average Bonchev–Trinajstić information content (AvgIpc) is 2.16. The Hall–Kier alpha value is -1.58. The van der Waals surface area contributed by atoms with Gasteiger partial charge in [0.1, 0.15) is 5.82 Å². The molecule has 0 spiro atoms. The van der Waals surface area contributed by atoms with Crippen LogP contribution in [0.2, 0.25) is 0 Å². The van der Waals surface area contributed by atoms with Crippen molar-refractivity contribution in [3.63, 3.8) is 0 Å². The van der Waals surface area contributed by atoms with Crippen LogP contribution < -0.4 is 10.5 Å². The molecule has 4 nitrogen and oxygen atoms in total. The Bertz CT molecular complexity index is 523. The first-order valence-electron chi connectivity index (χ1n) is 4.41. The van der Waals surface area contributed by atoms with Gasteiger partial charge in [-0.3, -0.25) is 0 Å². The van der Waals surface area contributed by atoms with E-state index in [2.05, 4.69) is 16.6 Å². The van der Waals surface area contributed by atoms with Crippen molar-refractivity contribution in [1.82, 2.24) is 4.72 Å². The molecule has 1 aromatic carbocycles. The van der Waals surface area contributed by atoms with E-state index in [1.807, 2.05) is 0 Å².